The van der Waals surface area contributed by atoms with Crippen LogP contribution in [0.4, 0.5) is 11.4 Å². The molecule has 0 saturated heterocycles. The molecule has 1 N–H and O–H groups in total. The molecule has 2 aromatic carbocycles. The van der Waals surface area contributed by atoms with Crippen molar-refractivity contribution in [2.75, 3.05) is 29.9 Å². The normalized spacial score (nSPS) is 13.5. The van der Waals surface area contributed by atoms with Crippen molar-refractivity contribution >= 4 is 17.3 Å². The number of nitrogens with one attached hydrogen (secondary N) is 1. The monoisotopic (exact) mass is 296 g/mol. The summed E-state index contributed by atoms with van der Waals surface area (Å²) in [5.41, 5.74) is 3.15. The molecule has 1 heterocycles. The quantitative estimate of drug-likeness (QED) is 0.861. The number of carbonyl (C=O) groups excluding carboxylic acids is 1. The molecule has 1 amide bonds. The minimum absolute atomic E-state index is 0.106. The molecule has 1 aliphatic rings. The lowest BCUT2D eigenvalue weighted by atomic mass is 10.2. The Morgan fingerprint density at radius 1 is 1.18 bits per heavy atom. The molecule has 1 aliphatic heterocycles. The first-order valence-electron chi connectivity index (χ1n) is 7.57. The van der Waals surface area contributed by atoms with Crippen LogP contribution in [0.1, 0.15) is 12.0 Å². The molecule has 0 bridgehead atoms. The van der Waals surface area contributed by atoms with E-state index in [-0.39, 0.29) is 5.91 Å². The lowest BCUT2D eigenvalue weighted by Crippen LogP contribution is -2.40. The summed E-state index contributed by atoms with van der Waals surface area (Å²) < 4.78 is 5.75. The van der Waals surface area contributed by atoms with Crippen molar-refractivity contribution in [3.05, 3.63) is 54.1 Å². The molecule has 0 unspecified atom stereocenters. The summed E-state index contributed by atoms with van der Waals surface area (Å²) in [6.45, 7) is 3.67. The molecule has 0 saturated carbocycles. The number of para-hydroxylation sites is 2. The van der Waals surface area contributed by atoms with Gasteiger partial charge in [0.15, 0.2) is 0 Å². The van der Waals surface area contributed by atoms with Gasteiger partial charge in [0.2, 0.25) is 5.91 Å². The summed E-state index contributed by atoms with van der Waals surface area (Å²) in [6.07, 6.45) is 0.800. The topological polar surface area (TPSA) is 41.6 Å². The number of hydrogen-bond donors (Lipinski definition) is 1. The summed E-state index contributed by atoms with van der Waals surface area (Å²) in [6, 6.07) is 15.9. The first-order chi connectivity index (χ1) is 10.7. The van der Waals surface area contributed by atoms with Crippen LogP contribution in [0.15, 0.2) is 48.5 Å². The smallest absolute Gasteiger partial charge is 0.246 e. The van der Waals surface area contributed by atoms with Crippen LogP contribution >= 0.6 is 0 Å². The van der Waals surface area contributed by atoms with E-state index in [0.717, 1.165) is 23.5 Å². The number of anilines is 2. The SMILES string of the molecule is Cc1cccc(OCCCN2C(=O)CNc3ccccc32)c1. The minimum atomic E-state index is 0.106. The number of carbonyl (C=O) groups is 1. The van der Waals surface area contributed by atoms with E-state index < -0.39 is 0 Å². The lowest BCUT2D eigenvalue weighted by molar-refractivity contribution is -0.117. The van der Waals surface area contributed by atoms with Crippen LogP contribution in [0.5, 0.6) is 5.75 Å². The molecule has 0 fully saturated rings. The van der Waals surface area contributed by atoms with Gasteiger partial charge >= 0.3 is 0 Å². The Morgan fingerprint density at radius 3 is 2.91 bits per heavy atom. The van der Waals surface area contributed by atoms with E-state index >= 15 is 0 Å². The van der Waals surface area contributed by atoms with E-state index in [4.69, 9.17) is 4.74 Å². The van der Waals surface area contributed by atoms with Crippen LogP contribution in [-0.4, -0.2) is 25.6 Å². The predicted octanol–water partition coefficient (Wildman–Crippen LogP) is 3.22. The highest BCUT2D eigenvalue weighted by atomic mass is 16.5. The van der Waals surface area contributed by atoms with Crippen molar-refractivity contribution in [1.82, 2.24) is 0 Å². The third-order valence-electron chi connectivity index (χ3n) is 3.71. The molecule has 0 radical (unpaired) electrons. The maximum Gasteiger partial charge on any atom is 0.246 e. The van der Waals surface area contributed by atoms with E-state index in [0.29, 0.717) is 19.7 Å². The largest absolute Gasteiger partial charge is 0.494 e. The van der Waals surface area contributed by atoms with Crippen LogP contribution in [0.25, 0.3) is 0 Å². The molecular weight excluding hydrogens is 276 g/mol. The first-order valence-corrected chi connectivity index (χ1v) is 7.57. The number of rotatable bonds is 5. The molecule has 114 valence electrons. The third kappa shape index (κ3) is 3.22. The lowest BCUT2D eigenvalue weighted by Gasteiger charge is -2.30. The zero-order valence-corrected chi connectivity index (χ0v) is 12.7. The Morgan fingerprint density at radius 2 is 2.05 bits per heavy atom. The van der Waals surface area contributed by atoms with Gasteiger partial charge in [-0.3, -0.25) is 4.79 Å². The number of ether oxygens (including phenoxy) is 1. The van der Waals surface area contributed by atoms with Crippen molar-refractivity contribution < 1.29 is 9.53 Å². The van der Waals surface area contributed by atoms with Gasteiger partial charge in [-0.25, -0.2) is 0 Å². The second-order valence-corrected chi connectivity index (χ2v) is 5.43. The number of aryl methyl sites for hydroxylation is 1. The second-order valence-electron chi connectivity index (χ2n) is 5.43. The van der Waals surface area contributed by atoms with Crippen LogP contribution in [-0.2, 0) is 4.79 Å². The summed E-state index contributed by atoms with van der Waals surface area (Å²) in [7, 11) is 0. The van der Waals surface area contributed by atoms with Crippen molar-refractivity contribution in [2.45, 2.75) is 13.3 Å². The van der Waals surface area contributed by atoms with Crippen molar-refractivity contribution in [3.63, 3.8) is 0 Å². The van der Waals surface area contributed by atoms with E-state index in [1.54, 1.807) is 0 Å². The standard InChI is InChI=1S/C18H20N2O2/c1-14-6-4-7-15(12-14)22-11-5-10-20-17-9-3-2-8-16(17)19-13-18(20)21/h2-4,6-9,12,19H,5,10-11,13H2,1H3. The van der Waals surface area contributed by atoms with Gasteiger partial charge in [0, 0.05) is 6.54 Å². The molecule has 0 aromatic heterocycles. The summed E-state index contributed by atoms with van der Waals surface area (Å²) >= 11 is 0. The zero-order chi connectivity index (χ0) is 15.4. The Hall–Kier alpha value is -2.49. The Balaban J connectivity index is 1.56. The molecule has 2 aromatic rings. The third-order valence-corrected chi connectivity index (χ3v) is 3.71. The van der Waals surface area contributed by atoms with Gasteiger partial charge in [0.1, 0.15) is 5.75 Å². The van der Waals surface area contributed by atoms with Gasteiger partial charge in [-0.1, -0.05) is 24.3 Å². The van der Waals surface area contributed by atoms with Crippen LogP contribution < -0.4 is 15.0 Å². The molecule has 22 heavy (non-hydrogen) atoms. The van der Waals surface area contributed by atoms with Crippen molar-refractivity contribution in [3.8, 4) is 5.75 Å². The Kier molecular flexibility index (Phi) is 4.28. The van der Waals surface area contributed by atoms with E-state index in [9.17, 15) is 4.79 Å². The Labute approximate surface area is 130 Å². The molecular formula is C18H20N2O2. The molecule has 0 spiro atoms. The van der Waals surface area contributed by atoms with E-state index in [1.807, 2.05) is 60.4 Å². The molecule has 4 heteroatoms. The maximum absolute atomic E-state index is 12.1. The first kappa shape index (κ1) is 14.4. The van der Waals surface area contributed by atoms with Crippen molar-refractivity contribution in [1.29, 1.82) is 0 Å². The minimum Gasteiger partial charge on any atom is -0.494 e. The van der Waals surface area contributed by atoms with E-state index in [2.05, 4.69) is 5.32 Å². The number of fused-ring (bicyclic) bond motifs is 1. The fraction of sp³-hybridized carbons (Fsp3) is 0.278. The second kappa shape index (κ2) is 6.52. The molecule has 0 atom stereocenters. The highest BCUT2D eigenvalue weighted by molar-refractivity contribution is 6.02. The maximum atomic E-state index is 12.1. The zero-order valence-electron chi connectivity index (χ0n) is 12.7. The molecule has 4 nitrogen and oxygen atoms in total. The number of benzene rings is 2. The summed E-state index contributed by atoms with van der Waals surface area (Å²) in [5, 5.41) is 3.14. The summed E-state index contributed by atoms with van der Waals surface area (Å²) in [5.74, 6) is 0.987. The van der Waals surface area contributed by atoms with Gasteiger partial charge < -0.3 is 15.0 Å². The van der Waals surface area contributed by atoms with Gasteiger partial charge in [-0.2, -0.15) is 0 Å². The fourth-order valence-electron chi connectivity index (χ4n) is 2.62. The van der Waals surface area contributed by atoms with Gasteiger partial charge in [0.25, 0.3) is 0 Å². The number of hydrogen-bond acceptors (Lipinski definition) is 3. The average molecular weight is 296 g/mol. The van der Waals surface area contributed by atoms with Crippen LogP contribution in [0.2, 0.25) is 0 Å². The highest BCUT2D eigenvalue weighted by Crippen LogP contribution is 2.28. The Bertz CT molecular complexity index is 670. The highest BCUT2D eigenvalue weighted by Gasteiger charge is 2.22. The van der Waals surface area contributed by atoms with Crippen LogP contribution in [0, 0.1) is 6.92 Å². The molecule has 3 rings (SSSR count). The fourth-order valence-corrected chi connectivity index (χ4v) is 2.62. The van der Waals surface area contributed by atoms with Crippen molar-refractivity contribution in [2.24, 2.45) is 0 Å². The molecule has 0 aliphatic carbocycles. The van der Waals surface area contributed by atoms with Crippen LogP contribution in [0.3, 0.4) is 0 Å². The van der Waals surface area contributed by atoms with Gasteiger partial charge in [0.05, 0.1) is 24.5 Å². The number of nitrogens with zero attached hydrogens (tertiary/aromatic N) is 1. The van der Waals surface area contributed by atoms with Gasteiger partial charge in [-0.15, -0.1) is 0 Å². The average Bonchev–Trinajstić information content (AvgIpc) is 2.53. The van der Waals surface area contributed by atoms with Gasteiger partial charge in [-0.05, 0) is 43.2 Å². The predicted molar refractivity (Wildman–Crippen MR) is 88.6 cm³/mol. The number of amides is 1. The summed E-state index contributed by atoms with van der Waals surface area (Å²) in [4.78, 5) is 13.9. The van der Waals surface area contributed by atoms with E-state index in [1.165, 1.54) is 5.56 Å².